The van der Waals surface area contributed by atoms with Crippen molar-refractivity contribution in [1.82, 2.24) is 10.3 Å². The fourth-order valence-corrected chi connectivity index (χ4v) is 1.96. The van der Waals surface area contributed by atoms with E-state index in [2.05, 4.69) is 17.2 Å². The predicted molar refractivity (Wildman–Crippen MR) is 70.2 cm³/mol. The Balaban J connectivity index is 0.00000144. The summed E-state index contributed by atoms with van der Waals surface area (Å²) in [5.41, 5.74) is 6.67. The lowest BCUT2D eigenvalue weighted by atomic mass is 10.2. The summed E-state index contributed by atoms with van der Waals surface area (Å²) in [6.07, 6.45) is 6.56. The average Bonchev–Trinajstić information content (AvgIpc) is 2.97. The van der Waals surface area contributed by atoms with Gasteiger partial charge in [-0.2, -0.15) is 0 Å². The Labute approximate surface area is 107 Å². The average molecular weight is 256 g/mol. The van der Waals surface area contributed by atoms with Crippen LogP contribution in [0.3, 0.4) is 0 Å². The van der Waals surface area contributed by atoms with E-state index in [-0.39, 0.29) is 18.3 Å². The molecule has 2 atom stereocenters. The van der Waals surface area contributed by atoms with Gasteiger partial charge >= 0.3 is 0 Å². The number of anilines is 1. The minimum atomic E-state index is -0.103. The number of amides is 1. The van der Waals surface area contributed by atoms with Crippen LogP contribution in [0.4, 0.5) is 5.69 Å². The van der Waals surface area contributed by atoms with Crippen LogP contribution < -0.4 is 11.1 Å². The van der Waals surface area contributed by atoms with Crippen molar-refractivity contribution in [2.75, 3.05) is 5.73 Å². The molecule has 4 nitrogen and oxygen atoms in total. The summed E-state index contributed by atoms with van der Waals surface area (Å²) >= 11 is 0. The first-order valence-corrected chi connectivity index (χ1v) is 5.72. The van der Waals surface area contributed by atoms with Gasteiger partial charge in [-0.05, 0) is 24.8 Å². The Morgan fingerprint density at radius 3 is 3.06 bits per heavy atom. The van der Waals surface area contributed by atoms with Crippen LogP contribution in [0.5, 0.6) is 0 Å². The van der Waals surface area contributed by atoms with Crippen molar-refractivity contribution >= 4 is 24.0 Å². The minimum absolute atomic E-state index is 0. The number of rotatable bonds is 4. The predicted octanol–water partition coefficient (Wildman–Crippen LogP) is 2.00. The zero-order chi connectivity index (χ0) is 11.5. The number of nitrogens with two attached hydrogens (primary N) is 1. The number of nitrogens with zero attached hydrogens (tertiary/aromatic N) is 1. The van der Waals surface area contributed by atoms with Crippen LogP contribution in [0.1, 0.15) is 36.5 Å². The smallest absolute Gasteiger partial charge is 0.255 e. The first-order chi connectivity index (χ1) is 7.72. The van der Waals surface area contributed by atoms with Gasteiger partial charge in [-0.1, -0.05) is 13.3 Å². The molecule has 0 radical (unpaired) electrons. The van der Waals surface area contributed by atoms with Crippen LogP contribution in [-0.4, -0.2) is 16.9 Å². The Kier molecular flexibility index (Phi) is 4.75. The Morgan fingerprint density at radius 2 is 2.41 bits per heavy atom. The van der Waals surface area contributed by atoms with Crippen molar-refractivity contribution in [3.05, 3.63) is 24.0 Å². The SMILES string of the molecule is CCCC1CC1NC(=O)c1cnccc1N.Cl. The number of aromatic nitrogens is 1. The molecule has 0 spiro atoms. The van der Waals surface area contributed by atoms with Crippen molar-refractivity contribution in [3.63, 3.8) is 0 Å². The van der Waals surface area contributed by atoms with Crippen LogP contribution in [0.2, 0.25) is 0 Å². The molecule has 0 aromatic carbocycles. The third kappa shape index (κ3) is 3.33. The molecule has 2 rings (SSSR count). The quantitative estimate of drug-likeness (QED) is 0.865. The molecule has 1 heterocycles. The van der Waals surface area contributed by atoms with E-state index in [4.69, 9.17) is 5.73 Å². The summed E-state index contributed by atoms with van der Waals surface area (Å²) in [6.45, 7) is 2.16. The summed E-state index contributed by atoms with van der Waals surface area (Å²) in [5.74, 6) is 0.557. The molecule has 1 aromatic heterocycles. The molecule has 1 saturated carbocycles. The number of hydrogen-bond acceptors (Lipinski definition) is 3. The van der Waals surface area contributed by atoms with Crippen LogP contribution in [0, 0.1) is 5.92 Å². The van der Waals surface area contributed by atoms with Crippen LogP contribution in [0.15, 0.2) is 18.5 Å². The van der Waals surface area contributed by atoms with Gasteiger partial charge in [0.2, 0.25) is 0 Å². The highest BCUT2D eigenvalue weighted by atomic mass is 35.5. The number of nitrogens with one attached hydrogen (secondary N) is 1. The van der Waals surface area contributed by atoms with Gasteiger partial charge in [0.05, 0.1) is 5.56 Å². The van der Waals surface area contributed by atoms with E-state index in [0.717, 1.165) is 6.42 Å². The zero-order valence-electron chi connectivity index (χ0n) is 9.85. The second kappa shape index (κ2) is 5.87. The molecular weight excluding hydrogens is 238 g/mol. The first-order valence-electron chi connectivity index (χ1n) is 5.72. The van der Waals surface area contributed by atoms with Crippen LogP contribution in [0.25, 0.3) is 0 Å². The van der Waals surface area contributed by atoms with Gasteiger partial charge in [-0.25, -0.2) is 0 Å². The van der Waals surface area contributed by atoms with Crippen molar-refractivity contribution in [2.24, 2.45) is 5.92 Å². The van der Waals surface area contributed by atoms with E-state index in [1.165, 1.54) is 19.0 Å². The van der Waals surface area contributed by atoms with Crippen molar-refractivity contribution in [3.8, 4) is 0 Å². The van der Waals surface area contributed by atoms with Crippen LogP contribution >= 0.6 is 12.4 Å². The summed E-state index contributed by atoms with van der Waals surface area (Å²) in [5, 5.41) is 2.99. The van der Waals surface area contributed by atoms with E-state index in [0.29, 0.717) is 23.2 Å². The maximum absolute atomic E-state index is 11.8. The molecule has 0 aliphatic heterocycles. The molecule has 3 N–H and O–H groups in total. The highest BCUT2D eigenvalue weighted by Gasteiger charge is 2.37. The van der Waals surface area contributed by atoms with E-state index in [9.17, 15) is 4.79 Å². The first kappa shape index (κ1) is 13.8. The van der Waals surface area contributed by atoms with E-state index >= 15 is 0 Å². The fraction of sp³-hybridized carbons (Fsp3) is 0.500. The van der Waals surface area contributed by atoms with Gasteiger partial charge in [0.1, 0.15) is 0 Å². The van der Waals surface area contributed by atoms with E-state index in [1.807, 2.05) is 0 Å². The standard InChI is InChI=1S/C12H17N3O.ClH/c1-2-3-8-6-11(8)15-12(16)9-7-14-5-4-10(9)13;/h4-5,7-8,11H,2-3,6H2,1H3,(H2,13,14)(H,15,16);1H. The fourth-order valence-electron chi connectivity index (χ4n) is 1.96. The highest BCUT2D eigenvalue weighted by Crippen LogP contribution is 2.34. The number of carbonyl (C=O) groups is 1. The molecule has 2 unspecified atom stereocenters. The molecular formula is C12H18ClN3O. The van der Waals surface area contributed by atoms with Gasteiger partial charge in [0.25, 0.3) is 5.91 Å². The van der Waals surface area contributed by atoms with Gasteiger partial charge in [0.15, 0.2) is 0 Å². The van der Waals surface area contributed by atoms with Gasteiger partial charge in [0, 0.05) is 24.1 Å². The molecule has 1 amide bonds. The Hall–Kier alpha value is -1.29. The van der Waals surface area contributed by atoms with Gasteiger partial charge in [-0.3, -0.25) is 9.78 Å². The lowest BCUT2D eigenvalue weighted by Crippen LogP contribution is -2.27. The third-order valence-electron chi connectivity index (χ3n) is 3.00. The van der Waals surface area contributed by atoms with Gasteiger partial charge in [-0.15, -0.1) is 12.4 Å². The van der Waals surface area contributed by atoms with Crippen molar-refractivity contribution in [1.29, 1.82) is 0 Å². The number of nitrogen functional groups attached to an aromatic ring is 1. The number of hydrogen-bond donors (Lipinski definition) is 2. The summed E-state index contributed by atoms with van der Waals surface area (Å²) in [7, 11) is 0. The van der Waals surface area contributed by atoms with E-state index < -0.39 is 0 Å². The van der Waals surface area contributed by atoms with Crippen molar-refractivity contribution in [2.45, 2.75) is 32.2 Å². The normalized spacial score (nSPS) is 21.5. The molecule has 1 fully saturated rings. The monoisotopic (exact) mass is 255 g/mol. The zero-order valence-corrected chi connectivity index (χ0v) is 10.7. The maximum Gasteiger partial charge on any atom is 0.255 e. The lowest BCUT2D eigenvalue weighted by Gasteiger charge is -2.06. The molecule has 17 heavy (non-hydrogen) atoms. The second-order valence-corrected chi connectivity index (χ2v) is 4.33. The van der Waals surface area contributed by atoms with Crippen LogP contribution in [-0.2, 0) is 0 Å². The maximum atomic E-state index is 11.8. The minimum Gasteiger partial charge on any atom is -0.398 e. The number of pyridine rings is 1. The Morgan fingerprint density at radius 1 is 1.65 bits per heavy atom. The Bertz CT molecular complexity index is 397. The molecule has 1 aliphatic carbocycles. The number of carbonyl (C=O) groups excluding carboxylic acids is 1. The van der Waals surface area contributed by atoms with Crippen molar-refractivity contribution < 1.29 is 4.79 Å². The van der Waals surface area contributed by atoms with Gasteiger partial charge < -0.3 is 11.1 Å². The summed E-state index contributed by atoms with van der Waals surface area (Å²) in [4.78, 5) is 15.7. The summed E-state index contributed by atoms with van der Waals surface area (Å²) < 4.78 is 0. The van der Waals surface area contributed by atoms with E-state index in [1.54, 1.807) is 12.3 Å². The summed E-state index contributed by atoms with van der Waals surface area (Å²) in [6, 6.07) is 1.98. The third-order valence-corrected chi connectivity index (χ3v) is 3.00. The molecule has 0 bridgehead atoms. The molecule has 1 aliphatic rings. The largest absolute Gasteiger partial charge is 0.398 e. The number of halogens is 1. The molecule has 1 aromatic rings. The molecule has 0 saturated heterocycles. The molecule has 94 valence electrons. The topological polar surface area (TPSA) is 68.0 Å². The lowest BCUT2D eigenvalue weighted by molar-refractivity contribution is 0.0949. The molecule has 5 heteroatoms. The highest BCUT2D eigenvalue weighted by molar-refractivity contribution is 5.99. The second-order valence-electron chi connectivity index (χ2n) is 4.33.